The number of rotatable bonds is 7. The zero-order valence-electron chi connectivity index (χ0n) is 14.1. The highest BCUT2D eigenvalue weighted by Crippen LogP contribution is 2.12. The first-order valence-electron chi connectivity index (χ1n) is 8.25. The SMILES string of the molecule is O=C(NCc1ccccc1COCc1ccccc1)c1ccc(=O)[nH]n1. The minimum atomic E-state index is -0.346. The van der Waals surface area contributed by atoms with Crippen LogP contribution in [0.4, 0.5) is 0 Å². The van der Waals surface area contributed by atoms with E-state index in [4.69, 9.17) is 4.74 Å². The van der Waals surface area contributed by atoms with Crippen molar-refractivity contribution in [3.05, 3.63) is 99.5 Å². The van der Waals surface area contributed by atoms with Gasteiger partial charge in [0.15, 0.2) is 0 Å². The summed E-state index contributed by atoms with van der Waals surface area (Å²) in [6.45, 7) is 1.34. The van der Waals surface area contributed by atoms with Gasteiger partial charge in [-0.1, -0.05) is 54.6 Å². The molecule has 132 valence electrons. The summed E-state index contributed by atoms with van der Waals surface area (Å²) in [5, 5.41) is 8.77. The number of H-pyrrole nitrogens is 1. The summed E-state index contributed by atoms with van der Waals surface area (Å²) in [6.07, 6.45) is 0. The third-order valence-electron chi connectivity index (χ3n) is 3.84. The maximum atomic E-state index is 12.1. The highest BCUT2D eigenvalue weighted by atomic mass is 16.5. The molecule has 6 nitrogen and oxygen atoms in total. The van der Waals surface area contributed by atoms with Gasteiger partial charge in [0.1, 0.15) is 5.69 Å². The molecule has 0 aliphatic carbocycles. The largest absolute Gasteiger partial charge is 0.372 e. The summed E-state index contributed by atoms with van der Waals surface area (Å²) in [7, 11) is 0. The molecule has 0 aliphatic heterocycles. The molecule has 3 aromatic rings. The van der Waals surface area contributed by atoms with Gasteiger partial charge in [-0.3, -0.25) is 9.59 Å². The number of benzene rings is 2. The van der Waals surface area contributed by atoms with Crippen LogP contribution in [0.3, 0.4) is 0 Å². The molecule has 1 aromatic heterocycles. The quantitative estimate of drug-likeness (QED) is 0.686. The third-order valence-corrected chi connectivity index (χ3v) is 3.84. The van der Waals surface area contributed by atoms with E-state index in [0.717, 1.165) is 16.7 Å². The third kappa shape index (κ3) is 4.87. The topological polar surface area (TPSA) is 84.1 Å². The number of nitrogens with one attached hydrogen (secondary N) is 2. The average molecular weight is 349 g/mol. The first-order chi connectivity index (χ1) is 12.7. The van der Waals surface area contributed by atoms with Gasteiger partial charge >= 0.3 is 0 Å². The van der Waals surface area contributed by atoms with E-state index in [1.165, 1.54) is 12.1 Å². The van der Waals surface area contributed by atoms with E-state index in [9.17, 15) is 9.59 Å². The Morgan fingerprint density at radius 2 is 1.65 bits per heavy atom. The van der Waals surface area contributed by atoms with Gasteiger partial charge < -0.3 is 10.1 Å². The van der Waals surface area contributed by atoms with Gasteiger partial charge in [-0.15, -0.1) is 0 Å². The van der Waals surface area contributed by atoms with Crippen molar-refractivity contribution in [1.82, 2.24) is 15.5 Å². The van der Waals surface area contributed by atoms with Crippen molar-refractivity contribution in [3.63, 3.8) is 0 Å². The molecule has 3 rings (SSSR count). The van der Waals surface area contributed by atoms with Crippen molar-refractivity contribution >= 4 is 5.91 Å². The number of hydrogen-bond donors (Lipinski definition) is 2. The number of carbonyl (C=O) groups is 1. The van der Waals surface area contributed by atoms with Crippen molar-refractivity contribution in [2.45, 2.75) is 19.8 Å². The van der Waals surface area contributed by atoms with Crippen LogP contribution in [0.2, 0.25) is 0 Å². The van der Waals surface area contributed by atoms with E-state index in [-0.39, 0.29) is 17.2 Å². The Balaban J connectivity index is 1.57. The number of aromatic nitrogens is 2. The van der Waals surface area contributed by atoms with Crippen LogP contribution in [0.1, 0.15) is 27.2 Å². The zero-order chi connectivity index (χ0) is 18.2. The second kappa shape index (κ2) is 8.73. The number of carbonyl (C=O) groups excluding carboxylic acids is 1. The molecule has 26 heavy (non-hydrogen) atoms. The van der Waals surface area contributed by atoms with E-state index in [0.29, 0.717) is 19.8 Å². The van der Waals surface area contributed by atoms with Crippen LogP contribution < -0.4 is 10.9 Å². The van der Waals surface area contributed by atoms with E-state index in [2.05, 4.69) is 15.5 Å². The summed E-state index contributed by atoms with van der Waals surface area (Å²) in [6, 6.07) is 20.4. The average Bonchev–Trinajstić information content (AvgIpc) is 2.68. The number of amides is 1. The molecule has 0 unspecified atom stereocenters. The van der Waals surface area contributed by atoms with Gasteiger partial charge in [0, 0.05) is 12.6 Å². The van der Waals surface area contributed by atoms with Crippen LogP contribution in [0.25, 0.3) is 0 Å². The lowest BCUT2D eigenvalue weighted by Crippen LogP contribution is -2.25. The van der Waals surface area contributed by atoms with Gasteiger partial charge in [0.2, 0.25) is 0 Å². The molecule has 0 radical (unpaired) electrons. The fraction of sp³-hybridized carbons (Fsp3) is 0.150. The Morgan fingerprint density at radius 3 is 2.38 bits per heavy atom. The molecule has 0 bridgehead atoms. The lowest BCUT2D eigenvalue weighted by molar-refractivity contribution is 0.0941. The second-order valence-electron chi connectivity index (χ2n) is 5.74. The van der Waals surface area contributed by atoms with Crippen molar-refractivity contribution in [3.8, 4) is 0 Å². The zero-order valence-corrected chi connectivity index (χ0v) is 14.1. The van der Waals surface area contributed by atoms with Gasteiger partial charge in [-0.2, -0.15) is 5.10 Å². The normalized spacial score (nSPS) is 10.5. The van der Waals surface area contributed by atoms with Crippen LogP contribution in [0, 0.1) is 0 Å². The predicted octanol–water partition coefficient (Wildman–Crippen LogP) is 2.42. The molecule has 0 spiro atoms. The summed E-state index contributed by atoms with van der Waals surface area (Å²) >= 11 is 0. The van der Waals surface area contributed by atoms with E-state index in [1.807, 2.05) is 54.6 Å². The fourth-order valence-corrected chi connectivity index (χ4v) is 2.46. The number of nitrogens with zero attached hydrogens (tertiary/aromatic N) is 1. The Kier molecular flexibility index (Phi) is 5.90. The number of aromatic amines is 1. The monoisotopic (exact) mass is 349 g/mol. The minimum absolute atomic E-state index is 0.169. The first kappa shape index (κ1) is 17.6. The van der Waals surface area contributed by atoms with Gasteiger partial charge in [-0.25, -0.2) is 5.10 Å². The molecular weight excluding hydrogens is 330 g/mol. The Bertz CT molecular complexity index is 902. The van der Waals surface area contributed by atoms with Gasteiger partial charge in [0.25, 0.3) is 11.5 Å². The minimum Gasteiger partial charge on any atom is -0.372 e. The summed E-state index contributed by atoms with van der Waals surface area (Å²) in [4.78, 5) is 23.1. The second-order valence-corrected chi connectivity index (χ2v) is 5.74. The molecule has 0 saturated carbocycles. The fourth-order valence-electron chi connectivity index (χ4n) is 2.46. The number of ether oxygens (including phenoxy) is 1. The maximum absolute atomic E-state index is 12.1. The molecule has 2 aromatic carbocycles. The Hall–Kier alpha value is -3.25. The molecule has 1 heterocycles. The number of hydrogen-bond acceptors (Lipinski definition) is 4. The summed E-state index contributed by atoms with van der Waals surface area (Å²) in [5.41, 5.74) is 2.92. The van der Waals surface area contributed by atoms with Crippen LogP contribution in [-0.4, -0.2) is 16.1 Å². The lowest BCUT2D eigenvalue weighted by Gasteiger charge is -2.11. The Labute approximate surface area is 150 Å². The lowest BCUT2D eigenvalue weighted by atomic mass is 10.1. The maximum Gasteiger partial charge on any atom is 0.271 e. The first-order valence-corrected chi connectivity index (χ1v) is 8.25. The van der Waals surface area contributed by atoms with Gasteiger partial charge in [-0.05, 0) is 22.8 Å². The summed E-state index contributed by atoms with van der Waals surface area (Å²) in [5.74, 6) is -0.346. The highest BCUT2D eigenvalue weighted by molar-refractivity contribution is 5.91. The molecular formula is C20H19N3O3. The molecule has 6 heteroatoms. The van der Waals surface area contributed by atoms with Crippen LogP contribution in [-0.2, 0) is 24.5 Å². The molecule has 0 atom stereocenters. The van der Waals surface area contributed by atoms with Crippen molar-refractivity contribution < 1.29 is 9.53 Å². The Morgan fingerprint density at radius 1 is 0.923 bits per heavy atom. The van der Waals surface area contributed by atoms with E-state index >= 15 is 0 Å². The van der Waals surface area contributed by atoms with Crippen molar-refractivity contribution in [2.75, 3.05) is 0 Å². The molecule has 0 aliphatic rings. The molecule has 1 amide bonds. The van der Waals surface area contributed by atoms with Crippen molar-refractivity contribution in [1.29, 1.82) is 0 Å². The van der Waals surface area contributed by atoms with Gasteiger partial charge in [0.05, 0.1) is 13.2 Å². The standard InChI is InChI=1S/C20H19N3O3/c24-19-11-10-18(22-23-19)20(25)21-12-16-8-4-5-9-17(16)14-26-13-15-6-2-1-3-7-15/h1-11H,12-14H2,(H,21,25)(H,23,24). The van der Waals surface area contributed by atoms with Crippen LogP contribution in [0.15, 0.2) is 71.5 Å². The highest BCUT2D eigenvalue weighted by Gasteiger charge is 2.09. The molecule has 0 saturated heterocycles. The van der Waals surface area contributed by atoms with Crippen LogP contribution in [0.5, 0.6) is 0 Å². The van der Waals surface area contributed by atoms with Crippen LogP contribution >= 0.6 is 0 Å². The smallest absolute Gasteiger partial charge is 0.271 e. The predicted molar refractivity (Wildman–Crippen MR) is 97.4 cm³/mol. The van der Waals surface area contributed by atoms with Crippen molar-refractivity contribution in [2.24, 2.45) is 0 Å². The molecule has 0 fully saturated rings. The van der Waals surface area contributed by atoms with E-state index < -0.39 is 0 Å². The van der Waals surface area contributed by atoms with E-state index in [1.54, 1.807) is 0 Å². The molecule has 2 N–H and O–H groups in total. The summed E-state index contributed by atoms with van der Waals surface area (Å²) < 4.78 is 5.79.